The fourth-order valence-electron chi connectivity index (χ4n) is 7.64. The van der Waals surface area contributed by atoms with Gasteiger partial charge in [0.2, 0.25) is 0 Å². The Labute approximate surface area is 372 Å². The van der Waals surface area contributed by atoms with Crippen molar-refractivity contribution in [2.75, 3.05) is 9.80 Å². The summed E-state index contributed by atoms with van der Waals surface area (Å²) in [5.41, 5.74) is 11.0. The molecule has 0 amide bonds. The summed E-state index contributed by atoms with van der Waals surface area (Å²) in [6.07, 6.45) is 4.12. The van der Waals surface area contributed by atoms with Crippen molar-refractivity contribution in [1.82, 2.24) is 9.55 Å². The van der Waals surface area contributed by atoms with Gasteiger partial charge in [0.15, 0.2) is 0 Å². The van der Waals surface area contributed by atoms with Crippen molar-refractivity contribution in [3.63, 3.8) is 0 Å². The van der Waals surface area contributed by atoms with Gasteiger partial charge in [-0.1, -0.05) is 143 Å². The fraction of sp³-hybridized carbons (Fsp3) is 0.296. The SMILES string of the molecule is CC(C)(C)c1cc(Oc2[c-]c3c(cc2)c2ccccc2n3-c2cc(C(C)(C)C)ccn2)[c-]c(N2C=C(c3ccccc3)N(c3cc(C(C)(C)C)cc(C(C)(C)C)c3)[CH-]2)c1.[Pt]. The summed E-state index contributed by atoms with van der Waals surface area (Å²) < 4.78 is 9.00. The molecule has 0 saturated carbocycles. The second kappa shape index (κ2) is 15.7. The van der Waals surface area contributed by atoms with Crippen molar-refractivity contribution >= 4 is 38.9 Å². The number of aromatic nitrogens is 2. The first-order valence-corrected chi connectivity index (χ1v) is 20.8. The molecular weight excluding hydrogens is 916 g/mol. The third-order valence-electron chi connectivity index (χ3n) is 11.3. The molecule has 0 aliphatic carbocycles. The van der Waals surface area contributed by atoms with Gasteiger partial charge in [-0.25, -0.2) is 4.98 Å². The smallest absolute Gasteiger partial charge is 0.135 e. The molecule has 6 heteroatoms. The van der Waals surface area contributed by atoms with Gasteiger partial charge in [0.25, 0.3) is 0 Å². The predicted octanol–water partition coefficient (Wildman–Crippen LogP) is 14.2. The van der Waals surface area contributed by atoms with Gasteiger partial charge >= 0.3 is 0 Å². The molecule has 5 nitrogen and oxygen atoms in total. The van der Waals surface area contributed by atoms with E-state index < -0.39 is 0 Å². The van der Waals surface area contributed by atoms with E-state index in [1.54, 1.807) is 0 Å². The first kappa shape index (κ1) is 43.0. The van der Waals surface area contributed by atoms with Crippen LogP contribution < -0.4 is 14.5 Å². The Morgan fingerprint density at radius 1 is 0.567 bits per heavy atom. The zero-order valence-corrected chi connectivity index (χ0v) is 39.4. The molecule has 312 valence electrons. The number of nitrogens with zero attached hydrogens (tertiary/aromatic N) is 4. The van der Waals surface area contributed by atoms with Crippen LogP contribution in [0, 0.1) is 18.8 Å². The zero-order chi connectivity index (χ0) is 42.1. The summed E-state index contributed by atoms with van der Waals surface area (Å²) in [7, 11) is 0. The minimum atomic E-state index is -0.153. The molecule has 0 fully saturated rings. The van der Waals surface area contributed by atoms with Crippen molar-refractivity contribution in [3.8, 4) is 17.3 Å². The fourth-order valence-corrected chi connectivity index (χ4v) is 7.64. The maximum atomic E-state index is 6.80. The molecule has 0 atom stereocenters. The zero-order valence-electron chi connectivity index (χ0n) is 37.1. The van der Waals surface area contributed by atoms with Gasteiger partial charge in [0, 0.05) is 55.7 Å². The van der Waals surface area contributed by atoms with Gasteiger partial charge in [-0.3, -0.25) is 0 Å². The molecule has 60 heavy (non-hydrogen) atoms. The van der Waals surface area contributed by atoms with Crippen molar-refractivity contribution in [1.29, 1.82) is 0 Å². The molecule has 8 rings (SSSR count). The molecule has 0 radical (unpaired) electrons. The molecule has 0 saturated heterocycles. The van der Waals surface area contributed by atoms with Crippen LogP contribution in [0.5, 0.6) is 11.5 Å². The number of pyridine rings is 1. The van der Waals surface area contributed by atoms with E-state index in [-0.39, 0.29) is 42.7 Å². The molecule has 0 N–H and O–H groups in total. The Kier molecular flexibility index (Phi) is 11.3. The van der Waals surface area contributed by atoms with Crippen LogP contribution in [0.15, 0.2) is 122 Å². The van der Waals surface area contributed by atoms with Crippen LogP contribution in [0.3, 0.4) is 0 Å². The molecule has 1 aliphatic rings. The predicted molar refractivity (Wildman–Crippen MR) is 248 cm³/mol. The van der Waals surface area contributed by atoms with E-state index >= 15 is 0 Å². The molecule has 2 aromatic heterocycles. The van der Waals surface area contributed by atoms with Crippen LogP contribution in [0.25, 0.3) is 33.3 Å². The van der Waals surface area contributed by atoms with Crippen LogP contribution in [0.1, 0.15) is 111 Å². The van der Waals surface area contributed by atoms with Gasteiger partial charge in [-0.2, -0.15) is 6.07 Å². The average molecular weight is 973 g/mol. The maximum absolute atomic E-state index is 6.80. The number of hydrogen-bond donors (Lipinski definition) is 0. The molecule has 1 aliphatic heterocycles. The van der Waals surface area contributed by atoms with Gasteiger partial charge < -0.3 is 19.1 Å². The Bertz CT molecular complexity index is 2680. The van der Waals surface area contributed by atoms with E-state index in [1.165, 1.54) is 16.7 Å². The Hall–Kier alpha value is -5.12. The topological polar surface area (TPSA) is 33.5 Å². The summed E-state index contributed by atoms with van der Waals surface area (Å²) >= 11 is 0. The monoisotopic (exact) mass is 972 g/mol. The molecule has 5 aromatic carbocycles. The van der Waals surface area contributed by atoms with Crippen LogP contribution >= 0.6 is 0 Å². The van der Waals surface area contributed by atoms with Crippen LogP contribution in [-0.4, -0.2) is 9.55 Å². The summed E-state index contributed by atoms with van der Waals surface area (Å²) in [6, 6.07) is 46.3. The Morgan fingerprint density at radius 2 is 1.18 bits per heavy atom. The number of anilines is 2. The Morgan fingerprint density at radius 3 is 1.83 bits per heavy atom. The number of benzene rings is 5. The summed E-state index contributed by atoms with van der Waals surface area (Å²) in [5.74, 6) is 2.10. The normalized spacial score (nSPS) is 13.8. The maximum Gasteiger partial charge on any atom is 0.135 e. The third-order valence-corrected chi connectivity index (χ3v) is 11.3. The van der Waals surface area contributed by atoms with Gasteiger partial charge in [-0.15, -0.1) is 53.6 Å². The summed E-state index contributed by atoms with van der Waals surface area (Å²) in [5, 5.41) is 2.24. The van der Waals surface area contributed by atoms with Crippen molar-refractivity contribution in [2.24, 2.45) is 0 Å². The first-order valence-electron chi connectivity index (χ1n) is 20.8. The minimum absolute atomic E-state index is 0. The van der Waals surface area contributed by atoms with Gasteiger partial charge in [-0.05, 0) is 85.8 Å². The van der Waals surface area contributed by atoms with Crippen molar-refractivity contribution in [3.05, 3.63) is 168 Å². The summed E-state index contributed by atoms with van der Waals surface area (Å²) in [6.45, 7) is 29.3. The molecule has 0 bridgehead atoms. The second-order valence-electron chi connectivity index (χ2n) is 20.1. The molecular formula is C54H57N4OPt-3. The first-order chi connectivity index (χ1) is 27.7. The molecule has 7 aromatic rings. The van der Waals surface area contributed by atoms with Gasteiger partial charge in [0.1, 0.15) is 5.82 Å². The Balaban J connectivity index is 0.00000544. The largest absolute Gasteiger partial charge is 0.509 e. The van der Waals surface area contributed by atoms with Crippen LogP contribution in [0.4, 0.5) is 11.4 Å². The van der Waals surface area contributed by atoms with E-state index in [1.807, 2.05) is 12.3 Å². The second-order valence-corrected chi connectivity index (χ2v) is 20.1. The number of hydrogen-bond acceptors (Lipinski definition) is 4. The van der Waals surface area contributed by atoms with E-state index in [4.69, 9.17) is 9.72 Å². The standard InChI is InChI=1S/C54H57N4O.Pt/c1-51(2,3)37-24-25-55-50(31-37)58-47-21-17-16-20-45(47)46-23-22-43(33-48(46)58)59-44-30-40(54(10,11)12)27-41(32-44)56-34-49(36-18-14-13-15-19-36)57(35-56)42-28-38(52(4,5)6)26-39(29-42)53(7,8)9;/h13-31,34-35H,1-12H3;/q-3;. The van der Waals surface area contributed by atoms with E-state index in [9.17, 15) is 0 Å². The van der Waals surface area contributed by atoms with Crippen molar-refractivity contribution < 1.29 is 25.8 Å². The quantitative estimate of drug-likeness (QED) is 0.156. The number of ether oxygens (including phenoxy) is 1. The minimum Gasteiger partial charge on any atom is -0.509 e. The number of fused-ring (bicyclic) bond motifs is 3. The van der Waals surface area contributed by atoms with Crippen LogP contribution in [0.2, 0.25) is 0 Å². The number of rotatable bonds is 6. The summed E-state index contributed by atoms with van der Waals surface area (Å²) in [4.78, 5) is 9.38. The van der Waals surface area contributed by atoms with Crippen LogP contribution in [-0.2, 0) is 42.7 Å². The van der Waals surface area contributed by atoms with E-state index in [0.29, 0.717) is 11.5 Å². The van der Waals surface area contributed by atoms with Gasteiger partial charge in [0.05, 0.1) is 0 Å². The van der Waals surface area contributed by atoms with E-state index in [2.05, 4.69) is 226 Å². The molecule has 0 unspecified atom stereocenters. The molecule has 3 heterocycles. The molecule has 0 spiro atoms. The third kappa shape index (κ3) is 8.57. The van der Waals surface area contributed by atoms with Crippen molar-refractivity contribution in [2.45, 2.75) is 105 Å². The average Bonchev–Trinajstić information content (AvgIpc) is 3.77. The number of para-hydroxylation sites is 1. The van der Waals surface area contributed by atoms with E-state index in [0.717, 1.165) is 55.8 Å².